The monoisotopic (exact) mass is 612 g/mol. The maximum absolute atomic E-state index is 11.5. The second-order valence-electron chi connectivity index (χ2n) is 9.37. The number of rotatable bonds is 30. The predicted octanol–water partition coefficient (Wildman–Crippen LogP) is 0.438. The molecule has 0 atom stereocenters. The molecule has 0 amide bonds. The standard InChI is InChI=1S/C27H48O15/c1-27(2,3)42-25(30)22-40-19-18-38-15-14-36-11-10-34-7-6-33-8-9-35-12-13-37-16-17-39-20-21-41-24(29)5-4-23(28)26(31)32/h4-22H2,1-3H3,(H,31,32). The van der Waals surface area contributed by atoms with Crippen molar-refractivity contribution in [1.29, 1.82) is 0 Å². The van der Waals surface area contributed by atoms with Crippen molar-refractivity contribution in [2.24, 2.45) is 0 Å². The number of esters is 2. The molecule has 15 heteroatoms. The summed E-state index contributed by atoms with van der Waals surface area (Å²) in [5, 5.41) is 8.43. The van der Waals surface area contributed by atoms with E-state index in [1.165, 1.54) is 0 Å². The lowest BCUT2D eigenvalue weighted by Crippen LogP contribution is -2.27. The maximum Gasteiger partial charge on any atom is 0.372 e. The van der Waals surface area contributed by atoms with E-state index in [9.17, 15) is 19.2 Å². The molecule has 0 saturated heterocycles. The number of aliphatic carboxylic acids is 1. The summed E-state index contributed by atoms with van der Waals surface area (Å²) in [6, 6.07) is 0. The van der Waals surface area contributed by atoms with Crippen LogP contribution >= 0.6 is 0 Å². The average Bonchev–Trinajstić information content (AvgIpc) is 2.92. The van der Waals surface area contributed by atoms with Crippen molar-refractivity contribution in [3.8, 4) is 0 Å². The number of ether oxygens (including phenoxy) is 10. The fourth-order valence-electron chi connectivity index (χ4n) is 2.67. The van der Waals surface area contributed by atoms with Crippen molar-refractivity contribution >= 4 is 23.7 Å². The summed E-state index contributed by atoms with van der Waals surface area (Å²) in [6.07, 6.45) is -0.666. The van der Waals surface area contributed by atoms with E-state index in [1.807, 2.05) is 0 Å². The topological polar surface area (TPSA) is 181 Å². The number of carboxylic acid groups (broad SMARTS) is 1. The number of Topliss-reactive ketones (excluding diaryl/α,β-unsaturated/α-hetero) is 1. The van der Waals surface area contributed by atoms with Crippen molar-refractivity contribution in [3.63, 3.8) is 0 Å². The Bertz CT molecular complexity index is 708. The van der Waals surface area contributed by atoms with Crippen molar-refractivity contribution in [1.82, 2.24) is 0 Å². The Hall–Kier alpha value is -2.24. The second-order valence-corrected chi connectivity index (χ2v) is 9.37. The Morgan fingerprint density at radius 3 is 1.14 bits per heavy atom. The summed E-state index contributed by atoms with van der Waals surface area (Å²) < 4.78 is 52.7. The minimum absolute atomic E-state index is 0.00978. The van der Waals surface area contributed by atoms with Gasteiger partial charge in [0.05, 0.1) is 106 Å². The SMILES string of the molecule is CC(C)(C)OC(=O)COCCOCCOCCOCCOCCOCCOCCOCCOC(=O)CCC(=O)C(=O)O. The molecule has 0 aromatic heterocycles. The highest BCUT2D eigenvalue weighted by Gasteiger charge is 2.16. The molecule has 0 aromatic rings. The zero-order chi connectivity index (χ0) is 31.3. The summed E-state index contributed by atoms with van der Waals surface area (Å²) >= 11 is 0. The van der Waals surface area contributed by atoms with Crippen LogP contribution in [0.2, 0.25) is 0 Å². The third-order valence-corrected chi connectivity index (χ3v) is 4.53. The quantitative estimate of drug-likeness (QED) is 0.0670. The fraction of sp³-hybridized carbons (Fsp3) is 0.852. The molecule has 0 rings (SSSR count). The number of hydrogen-bond donors (Lipinski definition) is 1. The summed E-state index contributed by atoms with van der Waals surface area (Å²) in [5.74, 6) is -3.65. The van der Waals surface area contributed by atoms with E-state index in [4.69, 9.17) is 52.5 Å². The number of carboxylic acids is 1. The molecule has 0 aliphatic rings. The van der Waals surface area contributed by atoms with Crippen LogP contribution in [0.4, 0.5) is 0 Å². The maximum atomic E-state index is 11.5. The van der Waals surface area contributed by atoms with Crippen LogP contribution in [-0.2, 0) is 66.5 Å². The lowest BCUT2D eigenvalue weighted by Gasteiger charge is -2.19. The Kier molecular flexibility index (Phi) is 26.1. The fourth-order valence-corrected chi connectivity index (χ4v) is 2.67. The van der Waals surface area contributed by atoms with Gasteiger partial charge in [-0.1, -0.05) is 0 Å². The van der Waals surface area contributed by atoms with Crippen molar-refractivity contribution in [3.05, 3.63) is 0 Å². The largest absolute Gasteiger partial charge is 0.476 e. The van der Waals surface area contributed by atoms with Crippen molar-refractivity contribution in [2.45, 2.75) is 39.2 Å². The van der Waals surface area contributed by atoms with Gasteiger partial charge in [0.15, 0.2) is 0 Å². The van der Waals surface area contributed by atoms with Crippen LogP contribution in [0, 0.1) is 0 Å². The molecule has 0 spiro atoms. The normalized spacial score (nSPS) is 11.4. The summed E-state index contributed by atoms with van der Waals surface area (Å²) in [6.45, 7) is 11.1. The number of carbonyl (C=O) groups excluding carboxylic acids is 3. The summed E-state index contributed by atoms with van der Waals surface area (Å²) in [5.41, 5.74) is -0.523. The molecule has 0 bridgehead atoms. The van der Waals surface area contributed by atoms with E-state index in [0.29, 0.717) is 92.5 Å². The molecular weight excluding hydrogens is 564 g/mol. The van der Waals surface area contributed by atoms with Crippen LogP contribution in [0.1, 0.15) is 33.6 Å². The molecule has 0 saturated carbocycles. The molecule has 15 nitrogen and oxygen atoms in total. The van der Waals surface area contributed by atoms with Gasteiger partial charge in [-0.05, 0) is 20.8 Å². The molecule has 42 heavy (non-hydrogen) atoms. The average molecular weight is 613 g/mol. The molecule has 0 radical (unpaired) electrons. The van der Waals surface area contributed by atoms with Crippen molar-refractivity contribution < 1.29 is 71.7 Å². The minimum atomic E-state index is -1.57. The molecule has 0 aliphatic carbocycles. The van der Waals surface area contributed by atoms with Gasteiger partial charge in [-0.2, -0.15) is 0 Å². The first-order valence-electron chi connectivity index (χ1n) is 13.9. The van der Waals surface area contributed by atoms with Crippen LogP contribution in [0.3, 0.4) is 0 Å². The number of carbonyl (C=O) groups is 4. The molecule has 0 aromatic carbocycles. The highest BCUT2D eigenvalue weighted by Crippen LogP contribution is 2.06. The van der Waals surface area contributed by atoms with Crippen LogP contribution < -0.4 is 0 Å². The Morgan fingerprint density at radius 2 is 0.810 bits per heavy atom. The van der Waals surface area contributed by atoms with Gasteiger partial charge in [-0.15, -0.1) is 0 Å². The van der Waals surface area contributed by atoms with Gasteiger partial charge in [0.1, 0.15) is 18.8 Å². The Morgan fingerprint density at radius 1 is 0.476 bits per heavy atom. The van der Waals surface area contributed by atoms with E-state index in [1.54, 1.807) is 20.8 Å². The molecular formula is C27H48O15. The Balaban J connectivity index is 3.19. The zero-order valence-corrected chi connectivity index (χ0v) is 25.1. The van der Waals surface area contributed by atoms with Crippen LogP contribution in [0.25, 0.3) is 0 Å². The van der Waals surface area contributed by atoms with Crippen LogP contribution in [0.5, 0.6) is 0 Å². The first-order valence-corrected chi connectivity index (χ1v) is 13.9. The third kappa shape index (κ3) is 30.7. The van der Waals surface area contributed by atoms with E-state index < -0.39 is 29.3 Å². The highest BCUT2D eigenvalue weighted by molar-refractivity contribution is 6.32. The van der Waals surface area contributed by atoms with E-state index in [-0.39, 0.29) is 32.7 Å². The highest BCUT2D eigenvalue weighted by atomic mass is 16.6. The van der Waals surface area contributed by atoms with Crippen LogP contribution in [-0.4, -0.2) is 147 Å². The Labute approximate surface area is 247 Å². The molecule has 0 aliphatic heterocycles. The zero-order valence-electron chi connectivity index (χ0n) is 25.1. The van der Waals surface area contributed by atoms with E-state index in [2.05, 4.69) is 0 Å². The summed E-state index contributed by atoms with van der Waals surface area (Å²) in [4.78, 5) is 44.0. The predicted molar refractivity (Wildman–Crippen MR) is 145 cm³/mol. The first kappa shape index (κ1) is 39.8. The first-order chi connectivity index (χ1) is 20.1. The second kappa shape index (κ2) is 27.6. The molecule has 246 valence electrons. The minimum Gasteiger partial charge on any atom is -0.476 e. The van der Waals surface area contributed by atoms with E-state index in [0.717, 1.165) is 0 Å². The van der Waals surface area contributed by atoms with Crippen LogP contribution in [0.15, 0.2) is 0 Å². The van der Waals surface area contributed by atoms with Gasteiger partial charge < -0.3 is 52.5 Å². The van der Waals surface area contributed by atoms with Gasteiger partial charge in [-0.25, -0.2) is 9.59 Å². The number of hydrogen-bond acceptors (Lipinski definition) is 14. The van der Waals surface area contributed by atoms with E-state index >= 15 is 0 Å². The summed E-state index contributed by atoms with van der Waals surface area (Å²) in [7, 11) is 0. The lowest BCUT2D eigenvalue weighted by atomic mass is 10.2. The molecule has 0 unspecified atom stereocenters. The van der Waals surface area contributed by atoms with Gasteiger partial charge in [0.2, 0.25) is 5.78 Å². The lowest BCUT2D eigenvalue weighted by molar-refractivity contribution is -0.160. The molecule has 1 N–H and O–H groups in total. The van der Waals surface area contributed by atoms with Gasteiger partial charge in [0, 0.05) is 6.42 Å². The van der Waals surface area contributed by atoms with Gasteiger partial charge in [-0.3, -0.25) is 9.59 Å². The molecule has 0 fully saturated rings. The smallest absolute Gasteiger partial charge is 0.372 e. The van der Waals surface area contributed by atoms with Crippen molar-refractivity contribution in [2.75, 3.05) is 112 Å². The third-order valence-electron chi connectivity index (χ3n) is 4.53. The van der Waals surface area contributed by atoms with Gasteiger partial charge in [0.25, 0.3) is 0 Å². The van der Waals surface area contributed by atoms with Gasteiger partial charge >= 0.3 is 17.9 Å². The molecule has 0 heterocycles. The number of ketones is 1.